The molecule has 3 heteroatoms. The minimum Gasteiger partial charge on any atom is -0.356 e. The summed E-state index contributed by atoms with van der Waals surface area (Å²) in [4.78, 5) is 14.2. The first-order chi connectivity index (χ1) is 8.27. The first-order valence-electron chi connectivity index (χ1n) is 7.27. The SMILES string of the molecule is C[C@@H]1C[C@@H]1C(=O)NCCCN1CCCCCC1. The Kier molecular flexibility index (Phi) is 4.84. The second kappa shape index (κ2) is 6.39. The minimum atomic E-state index is 0.286. The summed E-state index contributed by atoms with van der Waals surface area (Å²) in [6.45, 7) is 6.68. The Hall–Kier alpha value is -0.570. The highest BCUT2D eigenvalue weighted by Crippen LogP contribution is 2.37. The molecule has 17 heavy (non-hydrogen) atoms. The van der Waals surface area contributed by atoms with Gasteiger partial charge in [-0.05, 0) is 51.2 Å². The molecule has 2 fully saturated rings. The Morgan fingerprint density at radius 2 is 1.88 bits per heavy atom. The Morgan fingerprint density at radius 3 is 2.47 bits per heavy atom. The van der Waals surface area contributed by atoms with Crippen molar-refractivity contribution in [2.75, 3.05) is 26.2 Å². The number of amides is 1. The lowest BCUT2D eigenvalue weighted by Crippen LogP contribution is -2.31. The Labute approximate surface area is 105 Å². The van der Waals surface area contributed by atoms with Crippen LogP contribution in [0, 0.1) is 11.8 Å². The third-order valence-electron chi connectivity index (χ3n) is 4.10. The van der Waals surface area contributed by atoms with Gasteiger partial charge in [-0.3, -0.25) is 4.79 Å². The molecule has 2 aliphatic rings. The highest BCUT2D eigenvalue weighted by atomic mass is 16.2. The molecule has 0 unspecified atom stereocenters. The van der Waals surface area contributed by atoms with Crippen molar-refractivity contribution >= 4 is 5.91 Å². The van der Waals surface area contributed by atoms with Crippen LogP contribution >= 0.6 is 0 Å². The molecule has 0 aromatic rings. The van der Waals surface area contributed by atoms with Gasteiger partial charge in [0.2, 0.25) is 5.91 Å². The third-order valence-corrected chi connectivity index (χ3v) is 4.10. The largest absolute Gasteiger partial charge is 0.356 e. The lowest BCUT2D eigenvalue weighted by molar-refractivity contribution is -0.122. The van der Waals surface area contributed by atoms with Crippen molar-refractivity contribution in [1.82, 2.24) is 10.2 Å². The molecule has 0 radical (unpaired) electrons. The average molecular weight is 238 g/mol. The highest BCUT2D eigenvalue weighted by molar-refractivity contribution is 5.81. The summed E-state index contributed by atoms with van der Waals surface area (Å²) in [7, 11) is 0. The van der Waals surface area contributed by atoms with Gasteiger partial charge in [-0.1, -0.05) is 19.8 Å². The molecule has 0 spiro atoms. The molecule has 0 aromatic heterocycles. The second-order valence-electron chi connectivity index (χ2n) is 5.72. The standard InChI is InChI=1S/C14H26N2O/c1-12-11-13(12)14(17)15-7-6-10-16-8-4-2-3-5-9-16/h12-13H,2-11H2,1H3,(H,15,17)/t12-,13+/m1/s1. The zero-order chi connectivity index (χ0) is 12.1. The zero-order valence-electron chi connectivity index (χ0n) is 11.1. The molecule has 98 valence electrons. The number of hydrogen-bond acceptors (Lipinski definition) is 2. The molecule has 1 N–H and O–H groups in total. The summed E-state index contributed by atoms with van der Waals surface area (Å²) < 4.78 is 0. The van der Waals surface area contributed by atoms with Crippen LogP contribution in [0.1, 0.15) is 45.4 Å². The number of rotatable bonds is 5. The molecule has 1 saturated carbocycles. The van der Waals surface area contributed by atoms with Gasteiger partial charge in [-0.15, -0.1) is 0 Å². The Balaban J connectivity index is 1.51. The third kappa shape index (κ3) is 4.30. The van der Waals surface area contributed by atoms with E-state index in [1.54, 1.807) is 0 Å². The van der Waals surface area contributed by atoms with Crippen LogP contribution in [0.3, 0.4) is 0 Å². The van der Waals surface area contributed by atoms with Crippen LogP contribution in [0.4, 0.5) is 0 Å². The van der Waals surface area contributed by atoms with Crippen molar-refractivity contribution in [2.45, 2.75) is 45.4 Å². The first-order valence-corrected chi connectivity index (χ1v) is 7.27. The molecular formula is C14H26N2O. The van der Waals surface area contributed by atoms with Crippen LogP contribution in [0.15, 0.2) is 0 Å². The van der Waals surface area contributed by atoms with E-state index in [2.05, 4.69) is 17.1 Å². The summed E-state index contributed by atoms with van der Waals surface area (Å²) in [6, 6.07) is 0. The van der Waals surface area contributed by atoms with E-state index in [0.717, 1.165) is 25.9 Å². The van der Waals surface area contributed by atoms with Gasteiger partial charge in [-0.2, -0.15) is 0 Å². The van der Waals surface area contributed by atoms with Crippen molar-refractivity contribution in [3.8, 4) is 0 Å². The maximum atomic E-state index is 11.6. The maximum Gasteiger partial charge on any atom is 0.223 e. The molecule has 1 aliphatic heterocycles. The van der Waals surface area contributed by atoms with Gasteiger partial charge in [0.25, 0.3) is 0 Å². The van der Waals surface area contributed by atoms with Gasteiger partial charge in [0.15, 0.2) is 0 Å². The minimum absolute atomic E-state index is 0.286. The maximum absolute atomic E-state index is 11.6. The van der Waals surface area contributed by atoms with Gasteiger partial charge in [0, 0.05) is 12.5 Å². The average Bonchev–Trinajstić information content (AvgIpc) is 3.08. The molecule has 1 amide bonds. The van der Waals surface area contributed by atoms with E-state index in [-0.39, 0.29) is 5.91 Å². The van der Waals surface area contributed by atoms with E-state index >= 15 is 0 Å². The summed E-state index contributed by atoms with van der Waals surface area (Å²) in [5.41, 5.74) is 0. The predicted octanol–water partition coefficient (Wildman–Crippen LogP) is 2.02. The van der Waals surface area contributed by atoms with Crippen LogP contribution in [0.2, 0.25) is 0 Å². The molecule has 1 heterocycles. The molecule has 0 aromatic carbocycles. The topological polar surface area (TPSA) is 32.3 Å². The van der Waals surface area contributed by atoms with Gasteiger partial charge in [-0.25, -0.2) is 0 Å². The van der Waals surface area contributed by atoms with E-state index in [4.69, 9.17) is 0 Å². The number of likely N-dealkylation sites (tertiary alicyclic amines) is 1. The zero-order valence-corrected chi connectivity index (χ0v) is 11.1. The molecule has 2 rings (SSSR count). The number of nitrogens with one attached hydrogen (secondary N) is 1. The second-order valence-corrected chi connectivity index (χ2v) is 5.72. The predicted molar refractivity (Wildman–Crippen MR) is 69.8 cm³/mol. The number of nitrogens with zero attached hydrogens (tertiary/aromatic N) is 1. The molecule has 3 nitrogen and oxygen atoms in total. The fourth-order valence-electron chi connectivity index (χ4n) is 2.69. The van der Waals surface area contributed by atoms with E-state index in [1.165, 1.54) is 38.8 Å². The van der Waals surface area contributed by atoms with Gasteiger partial charge < -0.3 is 10.2 Å². The van der Waals surface area contributed by atoms with Crippen molar-refractivity contribution in [3.63, 3.8) is 0 Å². The van der Waals surface area contributed by atoms with Gasteiger partial charge in [0.1, 0.15) is 0 Å². The normalized spacial score (nSPS) is 29.7. The first kappa shape index (κ1) is 12.9. The van der Waals surface area contributed by atoms with Crippen LogP contribution in [0.5, 0.6) is 0 Å². The van der Waals surface area contributed by atoms with E-state index in [0.29, 0.717) is 11.8 Å². The lowest BCUT2D eigenvalue weighted by Gasteiger charge is -2.19. The van der Waals surface area contributed by atoms with E-state index in [9.17, 15) is 4.79 Å². The number of hydrogen-bond donors (Lipinski definition) is 1. The van der Waals surface area contributed by atoms with Gasteiger partial charge >= 0.3 is 0 Å². The van der Waals surface area contributed by atoms with Crippen molar-refractivity contribution < 1.29 is 4.79 Å². The molecule has 1 aliphatic carbocycles. The van der Waals surface area contributed by atoms with Crippen LogP contribution in [-0.2, 0) is 4.79 Å². The molecule has 0 bridgehead atoms. The summed E-state index contributed by atoms with van der Waals surface area (Å²) >= 11 is 0. The van der Waals surface area contributed by atoms with Gasteiger partial charge in [0.05, 0.1) is 0 Å². The fourth-order valence-corrected chi connectivity index (χ4v) is 2.69. The van der Waals surface area contributed by atoms with Crippen LogP contribution in [-0.4, -0.2) is 37.0 Å². The number of carbonyl (C=O) groups excluding carboxylic acids is 1. The van der Waals surface area contributed by atoms with Crippen molar-refractivity contribution in [1.29, 1.82) is 0 Å². The molecule has 1 saturated heterocycles. The smallest absolute Gasteiger partial charge is 0.223 e. The van der Waals surface area contributed by atoms with Crippen molar-refractivity contribution in [3.05, 3.63) is 0 Å². The quantitative estimate of drug-likeness (QED) is 0.743. The Morgan fingerprint density at radius 1 is 1.24 bits per heavy atom. The summed E-state index contributed by atoms with van der Waals surface area (Å²) in [5.74, 6) is 1.24. The molecule has 2 atom stereocenters. The highest BCUT2D eigenvalue weighted by Gasteiger charge is 2.38. The summed E-state index contributed by atoms with van der Waals surface area (Å²) in [5, 5.41) is 3.06. The lowest BCUT2D eigenvalue weighted by atomic mass is 10.2. The van der Waals surface area contributed by atoms with E-state index < -0.39 is 0 Å². The molecular weight excluding hydrogens is 212 g/mol. The van der Waals surface area contributed by atoms with Crippen LogP contribution in [0.25, 0.3) is 0 Å². The number of carbonyl (C=O) groups is 1. The Bertz CT molecular complexity index is 247. The van der Waals surface area contributed by atoms with Crippen molar-refractivity contribution in [2.24, 2.45) is 11.8 Å². The fraction of sp³-hybridized carbons (Fsp3) is 0.929. The monoisotopic (exact) mass is 238 g/mol. The summed E-state index contributed by atoms with van der Waals surface area (Å²) in [6.07, 6.45) is 7.70. The van der Waals surface area contributed by atoms with Crippen LogP contribution < -0.4 is 5.32 Å². The van der Waals surface area contributed by atoms with E-state index in [1.807, 2.05) is 0 Å².